The van der Waals surface area contributed by atoms with E-state index in [1.54, 1.807) is 6.07 Å². The Hall–Kier alpha value is -3.06. The van der Waals surface area contributed by atoms with Crippen LogP contribution in [0, 0.1) is 0 Å². The fourth-order valence-corrected chi connectivity index (χ4v) is 4.99. The minimum absolute atomic E-state index is 0.133. The number of ether oxygens (including phenoxy) is 1. The van der Waals surface area contributed by atoms with Gasteiger partial charge in [0.1, 0.15) is 0 Å². The van der Waals surface area contributed by atoms with Crippen molar-refractivity contribution in [2.45, 2.75) is 64.5 Å². The van der Waals surface area contributed by atoms with Crippen LogP contribution in [-0.2, 0) is 17.7 Å². The highest BCUT2D eigenvalue weighted by molar-refractivity contribution is 6.02. The highest BCUT2D eigenvalue weighted by Crippen LogP contribution is 2.29. The van der Waals surface area contributed by atoms with Crippen LogP contribution < -0.4 is 20.9 Å². The Bertz CT molecular complexity index is 1000. The lowest BCUT2D eigenvalue weighted by Gasteiger charge is -2.32. The first kappa shape index (κ1) is 25.0. The lowest BCUT2D eigenvalue weighted by molar-refractivity contribution is 0.0944. The smallest absolute Gasteiger partial charge is 0.319 e. The number of nitrogens with one attached hydrogen (secondary N) is 3. The SMILES string of the molecule is CCOCCCNC(=O)c1cc(NC(=O)NC2CCCCC2)ccc1N1CCc2ccccc2C1. The molecule has 1 aliphatic carbocycles. The van der Waals surface area contributed by atoms with E-state index >= 15 is 0 Å². The summed E-state index contributed by atoms with van der Waals surface area (Å²) in [5, 5.41) is 9.06. The van der Waals surface area contributed by atoms with Gasteiger partial charge >= 0.3 is 6.03 Å². The molecule has 35 heavy (non-hydrogen) atoms. The van der Waals surface area contributed by atoms with Crippen LogP contribution in [0.15, 0.2) is 42.5 Å². The van der Waals surface area contributed by atoms with E-state index in [1.165, 1.54) is 17.5 Å². The van der Waals surface area contributed by atoms with Gasteiger partial charge in [0.15, 0.2) is 0 Å². The highest BCUT2D eigenvalue weighted by atomic mass is 16.5. The molecule has 0 bridgehead atoms. The summed E-state index contributed by atoms with van der Waals surface area (Å²) in [6.45, 7) is 5.40. The largest absolute Gasteiger partial charge is 0.382 e. The number of anilines is 2. The molecule has 1 aliphatic heterocycles. The quantitative estimate of drug-likeness (QED) is 0.450. The molecule has 4 rings (SSSR count). The zero-order valence-electron chi connectivity index (χ0n) is 20.8. The molecule has 3 N–H and O–H groups in total. The number of rotatable bonds is 9. The van der Waals surface area contributed by atoms with Crippen molar-refractivity contribution < 1.29 is 14.3 Å². The maximum atomic E-state index is 13.2. The van der Waals surface area contributed by atoms with Gasteiger partial charge in [-0.3, -0.25) is 4.79 Å². The van der Waals surface area contributed by atoms with Crippen LogP contribution in [0.3, 0.4) is 0 Å². The molecule has 1 heterocycles. The number of fused-ring (bicyclic) bond motifs is 1. The molecular formula is C28H38N4O3. The molecule has 7 heteroatoms. The molecule has 0 saturated heterocycles. The van der Waals surface area contributed by atoms with Crippen molar-refractivity contribution in [2.75, 3.05) is 36.5 Å². The lowest BCUT2D eigenvalue weighted by atomic mass is 9.96. The molecule has 0 aromatic heterocycles. The van der Waals surface area contributed by atoms with Gasteiger partial charge in [0, 0.05) is 50.3 Å². The molecule has 2 aliphatic rings. The molecule has 2 aromatic carbocycles. The molecule has 0 atom stereocenters. The van der Waals surface area contributed by atoms with E-state index in [2.05, 4.69) is 45.1 Å². The molecule has 0 radical (unpaired) electrons. The summed E-state index contributed by atoms with van der Waals surface area (Å²) in [6.07, 6.45) is 7.31. The molecule has 2 aromatic rings. The van der Waals surface area contributed by atoms with Crippen LogP contribution in [0.4, 0.5) is 16.2 Å². The zero-order chi connectivity index (χ0) is 24.5. The first-order valence-electron chi connectivity index (χ1n) is 13.0. The van der Waals surface area contributed by atoms with Gasteiger partial charge < -0.3 is 25.6 Å². The fourth-order valence-electron chi connectivity index (χ4n) is 4.99. The first-order valence-corrected chi connectivity index (χ1v) is 13.0. The molecule has 0 unspecified atom stereocenters. The van der Waals surface area contributed by atoms with Crippen LogP contribution in [-0.4, -0.2) is 44.3 Å². The monoisotopic (exact) mass is 478 g/mol. The number of urea groups is 1. The van der Waals surface area contributed by atoms with E-state index in [0.717, 1.165) is 57.3 Å². The number of hydrogen-bond acceptors (Lipinski definition) is 4. The van der Waals surface area contributed by atoms with Gasteiger partial charge in [-0.15, -0.1) is 0 Å². The number of hydrogen-bond donors (Lipinski definition) is 3. The van der Waals surface area contributed by atoms with Crippen molar-refractivity contribution in [3.8, 4) is 0 Å². The Kier molecular flexibility index (Phi) is 9.01. The van der Waals surface area contributed by atoms with E-state index in [4.69, 9.17) is 4.74 Å². The van der Waals surface area contributed by atoms with Gasteiger partial charge in [0.2, 0.25) is 0 Å². The number of nitrogens with zero attached hydrogens (tertiary/aromatic N) is 1. The average molecular weight is 479 g/mol. The summed E-state index contributed by atoms with van der Waals surface area (Å²) >= 11 is 0. The zero-order valence-corrected chi connectivity index (χ0v) is 20.8. The van der Waals surface area contributed by atoms with Crippen molar-refractivity contribution in [1.29, 1.82) is 0 Å². The molecule has 7 nitrogen and oxygen atoms in total. The van der Waals surface area contributed by atoms with Gasteiger partial charge in [-0.2, -0.15) is 0 Å². The predicted octanol–water partition coefficient (Wildman–Crippen LogP) is 4.86. The van der Waals surface area contributed by atoms with Gasteiger partial charge in [-0.1, -0.05) is 43.5 Å². The summed E-state index contributed by atoms with van der Waals surface area (Å²) in [6, 6.07) is 14.1. The van der Waals surface area contributed by atoms with Gasteiger partial charge in [-0.05, 0) is 61.9 Å². The summed E-state index contributed by atoms with van der Waals surface area (Å²) in [4.78, 5) is 28.1. The molecule has 1 saturated carbocycles. The van der Waals surface area contributed by atoms with Gasteiger partial charge in [0.25, 0.3) is 5.91 Å². The Labute approximate surface area is 208 Å². The average Bonchev–Trinajstić information content (AvgIpc) is 2.88. The summed E-state index contributed by atoms with van der Waals surface area (Å²) < 4.78 is 5.38. The topological polar surface area (TPSA) is 82.7 Å². The van der Waals surface area contributed by atoms with Crippen molar-refractivity contribution in [2.24, 2.45) is 0 Å². The Morgan fingerprint density at radius 3 is 2.66 bits per heavy atom. The van der Waals surface area contributed by atoms with Crippen molar-refractivity contribution in [3.05, 3.63) is 59.2 Å². The molecular weight excluding hydrogens is 440 g/mol. The normalized spacial score (nSPS) is 15.9. The second-order valence-corrected chi connectivity index (χ2v) is 9.41. The molecule has 1 fully saturated rings. The van der Waals surface area contributed by atoms with E-state index in [9.17, 15) is 9.59 Å². The standard InChI is InChI=1S/C28H38N4O3/c1-2-35-18-8-16-29-27(33)25-19-24(31-28(34)30-23-11-4-3-5-12-23)13-14-26(25)32-17-15-21-9-6-7-10-22(21)20-32/h6-7,9-10,13-14,19,23H,2-5,8,11-12,15-18,20H2,1H3,(H,29,33)(H2,30,31,34). The summed E-state index contributed by atoms with van der Waals surface area (Å²) in [5.74, 6) is -0.133. The van der Waals surface area contributed by atoms with Crippen LogP contribution in [0.5, 0.6) is 0 Å². The second kappa shape index (κ2) is 12.6. The van der Waals surface area contributed by atoms with Gasteiger partial charge in [-0.25, -0.2) is 4.79 Å². The van der Waals surface area contributed by atoms with E-state index < -0.39 is 0 Å². The summed E-state index contributed by atoms with van der Waals surface area (Å²) in [5.41, 5.74) is 4.74. The minimum Gasteiger partial charge on any atom is -0.382 e. The highest BCUT2D eigenvalue weighted by Gasteiger charge is 2.22. The van der Waals surface area contributed by atoms with Crippen LogP contribution in [0.25, 0.3) is 0 Å². The number of carbonyl (C=O) groups is 2. The Balaban J connectivity index is 1.48. The number of benzene rings is 2. The lowest BCUT2D eigenvalue weighted by Crippen LogP contribution is -2.39. The maximum Gasteiger partial charge on any atom is 0.319 e. The summed E-state index contributed by atoms with van der Waals surface area (Å²) in [7, 11) is 0. The van der Waals surface area contributed by atoms with Crippen LogP contribution in [0.2, 0.25) is 0 Å². The van der Waals surface area contributed by atoms with E-state index in [-0.39, 0.29) is 18.0 Å². The predicted molar refractivity (Wildman–Crippen MR) is 140 cm³/mol. The molecule has 3 amide bonds. The van der Waals surface area contributed by atoms with Crippen molar-refractivity contribution >= 4 is 23.3 Å². The van der Waals surface area contributed by atoms with E-state index in [1.807, 2.05) is 19.1 Å². The number of amides is 3. The third-order valence-electron chi connectivity index (χ3n) is 6.87. The third-order valence-corrected chi connectivity index (χ3v) is 6.87. The van der Waals surface area contributed by atoms with Crippen molar-refractivity contribution in [1.82, 2.24) is 10.6 Å². The van der Waals surface area contributed by atoms with Crippen LogP contribution >= 0.6 is 0 Å². The third kappa shape index (κ3) is 6.98. The second-order valence-electron chi connectivity index (χ2n) is 9.41. The van der Waals surface area contributed by atoms with Crippen LogP contribution in [0.1, 0.15) is 66.9 Å². The Morgan fingerprint density at radius 2 is 1.86 bits per heavy atom. The minimum atomic E-state index is -0.209. The fraction of sp³-hybridized carbons (Fsp3) is 0.500. The first-order chi connectivity index (χ1) is 17.1. The van der Waals surface area contributed by atoms with Gasteiger partial charge in [0.05, 0.1) is 5.56 Å². The number of carbonyl (C=O) groups excluding carboxylic acids is 2. The Morgan fingerprint density at radius 1 is 1.06 bits per heavy atom. The van der Waals surface area contributed by atoms with Crippen molar-refractivity contribution in [3.63, 3.8) is 0 Å². The maximum absolute atomic E-state index is 13.2. The molecule has 0 spiro atoms. The molecule has 188 valence electrons. The van der Waals surface area contributed by atoms with E-state index in [0.29, 0.717) is 31.0 Å².